The standard InChI is InChI=1S/C41H40N8O6/c1-47(2)19-9-21-49(22-10-20-48(3)4)41-45-39(42-27-15-17-29(50)33-31(27)35(52)23-11-5-7-13-25(23)37(33)54)44-40(46-41)43-28-16-18-30(51)34-32(28)36(53)24-12-6-8-14-26(24)38(34)55/h5-8,11-18,50-51H,9-10,19-22H2,1-4H3,(H2,42,43,44,45,46). The number of anilines is 5. The first kappa shape index (κ1) is 36.8. The number of aromatic hydroxyl groups is 2. The summed E-state index contributed by atoms with van der Waals surface area (Å²) in [6.45, 7) is 2.79. The number of carbonyl (C=O) groups excluding carboxylic acids is 4. The summed E-state index contributed by atoms with van der Waals surface area (Å²) in [7, 11) is 7.98. The topological polar surface area (TPSA) is 181 Å². The molecular formula is C41H40N8O6. The Bertz CT molecular complexity index is 2220. The molecule has 7 rings (SSSR count). The summed E-state index contributed by atoms with van der Waals surface area (Å²) in [5, 5.41) is 27.9. The molecule has 4 N–H and O–H groups in total. The molecule has 0 unspecified atom stereocenters. The fraction of sp³-hybridized carbons (Fsp3) is 0.244. The number of hydrogen-bond acceptors (Lipinski definition) is 14. The monoisotopic (exact) mass is 740 g/mol. The SMILES string of the molecule is CN(C)CCCN(CCCN(C)C)c1nc(Nc2ccc(O)c3c2C(=O)c2ccccc2C3=O)nc(Nc2ccc(O)c3c2C(=O)c2ccccc2C3=O)n1. The van der Waals surface area contributed by atoms with Gasteiger partial charge in [0.25, 0.3) is 0 Å². The molecule has 14 nitrogen and oxygen atoms in total. The highest BCUT2D eigenvalue weighted by Gasteiger charge is 2.36. The maximum Gasteiger partial charge on any atom is 0.233 e. The first-order chi connectivity index (χ1) is 26.4. The van der Waals surface area contributed by atoms with Crippen LogP contribution >= 0.6 is 0 Å². The first-order valence-corrected chi connectivity index (χ1v) is 17.9. The average molecular weight is 741 g/mol. The van der Waals surface area contributed by atoms with E-state index in [0.717, 1.165) is 25.9 Å². The lowest BCUT2D eigenvalue weighted by Crippen LogP contribution is -2.32. The molecule has 0 radical (unpaired) electrons. The second kappa shape index (κ2) is 15.1. The van der Waals surface area contributed by atoms with E-state index in [1.165, 1.54) is 24.3 Å². The number of phenolic OH excluding ortho intramolecular Hbond substituents is 2. The Balaban J connectivity index is 1.33. The zero-order valence-corrected chi connectivity index (χ0v) is 30.9. The fourth-order valence-corrected chi connectivity index (χ4v) is 6.95. The number of benzene rings is 4. The molecule has 0 saturated carbocycles. The molecule has 0 saturated heterocycles. The molecule has 280 valence electrons. The highest BCUT2D eigenvalue weighted by molar-refractivity contribution is 6.32. The van der Waals surface area contributed by atoms with E-state index in [2.05, 4.69) is 25.4 Å². The van der Waals surface area contributed by atoms with Crippen molar-refractivity contribution < 1.29 is 29.4 Å². The van der Waals surface area contributed by atoms with E-state index in [1.807, 2.05) is 33.1 Å². The molecule has 0 spiro atoms. The molecule has 0 atom stereocenters. The van der Waals surface area contributed by atoms with Gasteiger partial charge in [0.1, 0.15) is 11.5 Å². The fourth-order valence-electron chi connectivity index (χ4n) is 6.95. The molecule has 0 bridgehead atoms. The lowest BCUT2D eigenvalue weighted by molar-refractivity contribution is 0.0977. The van der Waals surface area contributed by atoms with Crippen molar-refractivity contribution in [2.24, 2.45) is 0 Å². The summed E-state index contributed by atoms with van der Waals surface area (Å²) < 4.78 is 0. The van der Waals surface area contributed by atoms with E-state index in [0.29, 0.717) is 19.0 Å². The molecule has 0 amide bonds. The van der Waals surface area contributed by atoms with Crippen molar-refractivity contribution in [1.82, 2.24) is 24.8 Å². The number of rotatable bonds is 13. The molecule has 2 aliphatic carbocycles. The van der Waals surface area contributed by atoms with Crippen LogP contribution in [0.1, 0.15) is 76.5 Å². The van der Waals surface area contributed by atoms with Crippen LogP contribution in [0.25, 0.3) is 0 Å². The zero-order valence-electron chi connectivity index (χ0n) is 30.9. The lowest BCUT2D eigenvalue weighted by atomic mass is 9.82. The van der Waals surface area contributed by atoms with Gasteiger partial charge in [-0.3, -0.25) is 19.2 Å². The lowest BCUT2D eigenvalue weighted by Gasteiger charge is -2.26. The number of fused-ring (bicyclic) bond motifs is 4. The van der Waals surface area contributed by atoms with E-state index in [1.54, 1.807) is 48.5 Å². The molecule has 1 aromatic heterocycles. The quantitative estimate of drug-likeness (QED) is 0.116. The van der Waals surface area contributed by atoms with Crippen molar-refractivity contribution in [2.45, 2.75) is 12.8 Å². The van der Waals surface area contributed by atoms with E-state index in [9.17, 15) is 29.4 Å². The van der Waals surface area contributed by atoms with Crippen molar-refractivity contribution in [1.29, 1.82) is 0 Å². The molecule has 0 aliphatic heterocycles. The van der Waals surface area contributed by atoms with Gasteiger partial charge in [-0.2, -0.15) is 15.0 Å². The largest absolute Gasteiger partial charge is 0.507 e. The number of ketones is 4. The summed E-state index contributed by atoms with van der Waals surface area (Å²) in [6.07, 6.45) is 1.57. The number of nitrogens with one attached hydrogen (secondary N) is 2. The summed E-state index contributed by atoms with van der Waals surface area (Å²) in [5.41, 5.74) is 0.875. The van der Waals surface area contributed by atoms with E-state index in [4.69, 9.17) is 9.97 Å². The van der Waals surface area contributed by atoms with Gasteiger partial charge in [-0.15, -0.1) is 0 Å². The van der Waals surface area contributed by atoms with E-state index >= 15 is 0 Å². The van der Waals surface area contributed by atoms with E-state index < -0.39 is 23.1 Å². The Labute approximate surface area is 317 Å². The van der Waals surface area contributed by atoms with Gasteiger partial charge < -0.3 is 35.5 Å². The first-order valence-electron chi connectivity index (χ1n) is 17.9. The van der Waals surface area contributed by atoms with Gasteiger partial charge >= 0.3 is 0 Å². The highest BCUT2D eigenvalue weighted by atomic mass is 16.3. The second-order valence-corrected chi connectivity index (χ2v) is 14.0. The predicted octanol–water partition coefficient (Wildman–Crippen LogP) is 5.03. The minimum atomic E-state index is -0.490. The van der Waals surface area contributed by atoms with Crippen LogP contribution in [-0.4, -0.2) is 112 Å². The second-order valence-electron chi connectivity index (χ2n) is 14.0. The van der Waals surface area contributed by atoms with E-state index in [-0.39, 0.29) is 79.3 Å². The van der Waals surface area contributed by atoms with Crippen LogP contribution < -0.4 is 15.5 Å². The Morgan fingerprint density at radius 1 is 0.491 bits per heavy atom. The number of carbonyl (C=O) groups is 4. The smallest absolute Gasteiger partial charge is 0.233 e. The predicted molar refractivity (Wildman–Crippen MR) is 208 cm³/mol. The van der Waals surface area contributed by atoms with Crippen molar-refractivity contribution in [3.63, 3.8) is 0 Å². The minimum absolute atomic E-state index is 0.00473. The third kappa shape index (κ3) is 7.12. The van der Waals surface area contributed by atoms with Crippen LogP contribution in [0.4, 0.5) is 29.2 Å². The Morgan fingerprint density at radius 2 is 0.855 bits per heavy atom. The number of hydrogen-bond donors (Lipinski definition) is 4. The Morgan fingerprint density at radius 3 is 1.22 bits per heavy atom. The third-order valence-corrected chi connectivity index (χ3v) is 9.57. The van der Waals surface area contributed by atoms with Crippen LogP contribution in [-0.2, 0) is 0 Å². The van der Waals surface area contributed by atoms with Crippen LogP contribution in [0, 0.1) is 0 Å². The minimum Gasteiger partial charge on any atom is -0.507 e. The molecule has 55 heavy (non-hydrogen) atoms. The third-order valence-electron chi connectivity index (χ3n) is 9.57. The summed E-state index contributed by atoms with van der Waals surface area (Å²) in [5.74, 6) is -2.26. The van der Waals surface area contributed by atoms with Gasteiger partial charge in [0.15, 0.2) is 23.1 Å². The van der Waals surface area contributed by atoms with Gasteiger partial charge in [0.05, 0.1) is 33.6 Å². The van der Waals surface area contributed by atoms with Gasteiger partial charge in [-0.05, 0) is 78.4 Å². The van der Waals surface area contributed by atoms with Crippen LogP contribution in [0.3, 0.4) is 0 Å². The van der Waals surface area contributed by atoms with Crippen molar-refractivity contribution in [2.75, 3.05) is 69.9 Å². The van der Waals surface area contributed by atoms with Crippen molar-refractivity contribution in [3.05, 3.63) is 117 Å². The van der Waals surface area contributed by atoms with Crippen molar-refractivity contribution >= 4 is 52.4 Å². The van der Waals surface area contributed by atoms with Crippen LogP contribution in [0.5, 0.6) is 11.5 Å². The number of nitrogens with zero attached hydrogens (tertiary/aromatic N) is 6. The Kier molecular flexibility index (Phi) is 10.1. The normalized spacial score (nSPS) is 13.1. The summed E-state index contributed by atoms with van der Waals surface area (Å²) in [6, 6.07) is 18.5. The highest BCUT2D eigenvalue weighted by Crippen LogP contribution is 2.40. The summed E-state index contributed by atoms with van der Waals surface area (Å²) in [4.78, 5) is 75.3. The molecule has 1 heterocycles. The molecule has 0 fully saturated rings. The molecular weight excluding hydrogens is 701 g/mol. The van der Waals surface area contributed by atoms with Gasteiger partial charge in [-0.1, -0.05) is 48.5 Å². The maximum atomic E-state index is 13.9. The molecule has 5 aromatic rings. The summed E-state index contributed by atoms with van der Waals surface area (Å²) >= 11 is 0. The molecule has 14 heteroatoms. The van der Waals surface area contributed by atoms with Gasteiger partial charge in [0, 0.05) is 35.3 Å². The Hall–Kier alpha value is -6.51. The van der Waals surface area contributed by atoms with Crippen LogP contribution in [0.2, 0.25) is 0 Å². The molecule has 2 aliphatic rings. The maximum absolute atomic E-state index is 13.9. The van der Waals surface area contributed by atoms with Gasteiger partial charge in [-0.25, -0.2) is 0 Å². The van der Waals surface area contributed by atoms with Gasteiger partial charge in [0.2, 0.25) is 17.8 Å². The van der Waals surface area contributed by atoms with Crippen LogP contribution in [0.15, 0.2) is 72.8 Å². The molecule has 4 aromatic carbocycles. The number of phenols is 2. The number of aromatic nitrogens is 3. The average Bonchev–Trinajstić information content (AvgIpc) is 3.16. The van der Waals surface area contributed by atoms with Crippen molar-refractivity contribution in [3.8, 4) is 11.5 Å². The zero-order chi connectivity index (χ0) is 39.0.